The van der Waals surface area contributed by atoms with Gasteiger partial charge in [-0.2, -0.15) is 5.26 Å². The van der Waals surface area contributed by atoms with E-state index in [1.54, 1.807) is 18.0 Å². The van der Waals surface area contributed by atoms with Gasteiger partial charge in [-0.05, 0) is 63.0 Å². The molecule has 1 rings (SSSR count). The highest BCUT2D eigenvalue weighted by molar-refractivity contribution is 7.97. The number of anilines is 1. The molecule has 0 saturated heterocycles. The number of likely N-dealkylation sites (N-methyl/N-ethyl adjacent to an activating group) is 1. The van der Waals surface area contributed by atoms with Crippen LogP contribution in [0.4, 0.5) is 5.69 Å². The summed E-state index contributed by atoms with van der Waals surface area (Å²) in [5, 5.41) is 12.0. The molecule has 0 aliphatic carbocycles. The van der Waals surface area contributed by atoms with Crippen molar-refractivity contribution in [2.24, 2.45) is 9.98 Å². The van der Waals surface area contributed by atoms with Crippen LogP contribution in [0.5, 0.6) is 0 Å². The number of nitriles is 1. The molecule has 0 aliphatic rings. The molecule has 0 amide bonds. The lowest BCUT2D eigenvalue weighted by molar-refractivity contribution is 0.475. The van der Waals surface area contributed by atoms with Crippen LogP contribution in [-0.2, 0) is 0 Å². The molecular weight excluding hydrogens is 320 g/mol. The summed E-state index contributed by atoms with van der Waals surface area (Å²) in [5.74, 6) is 0. The number of nitrogens with one attached hydrogen (secondary N) is 1. The maximum atomic E-state index is 8.83. The zero-order chi connectivity index (χ0) is 17.8. The van der Waals surface area contributed by atoms with Crippen LogP contribution in [0.25, 0.3) is 0 Å². The lowest BCUT2D eigenvalue weighted by Crippen LogP contribution is -2.27. The van der Waals surface area contributed by atoms with E-state index in [9.17, 15) is 0 Å². The molecule has 1 aromatic rings. The largest absolute Gasteiger partial charge is 0.399 e. The number of nitrogen functional groups attached to an aromatic ring is 1. The fraction of sp³-hybridized carbons (Fsp3) is 0.353. The van der Waals surface area contributed by atoms with Crippen LogP contribution in [0.15, 0.2) is 50.9 Å². The van der Waals surface area contributed by atoms with E-state index in [-0.39, 0.29) is 5.70 Å². The van der Waals surface area contributed by atoms with Gasteiger partial charge in [0.15, 0.2) is 0 Å². The van der Waals surface area contributed by atoms with Crippen LogP contribution < -0.4 is 11.1 Å². The first-order valence-electron chi connectivity index (χ1n) is 7.61. The lowest BCUT2D eigenvalue weighted by Gasteiger charge is -2.20. The number of aliphatic imine (C=N–C) groups is 2. The monoisotopic (exact) mass is 344 g/mol. The molecular formula is C17H24N6S. The van der Waals surface area contributed by atoms with Gasteiger partial charge >= 0.3 is 0 Å². The molecule has 0 bridgehead atoms. The van der Waals surface area contributed by atoms with E-state index in [0.717, 1.165) is 35.9 Å². The molecule has 0 aromatic heterocycles. The number of allylic oxidation sites excluding steroid dienone is 2. The van der Waals surface area contributed by atoms with E-state index < -0.39 is 0 Å². The van der Waals surface area contributed by atoms with Crippen LogP contribution >= 0.6 is 11.9 Å². The van der Waals surface area contributed by atoms with Crippen molar-refractivity contribution in [3.05, 3.63) is 36.0 Å². The molecule has 1 aromatic carbocycles. The summed E-state index contributed by atoms with van der Waals surface area (Å²) in [7, 11) is 1.94. The normalized spacial score (nSPS) is 12.2. The van der Waals surface area contributed by atoms with Crippen molar-refractivity contribution in [3.63, 3.8) is 0 Å². The number of nitrogens with two attached hydrogens (primary N) is 1. The van der Waals surface area contributed by atoms with Gasteiger partial charge in [-0.3, -0.25) is 9.98 Å². The zero-order valence-corrected chi connectivity index (χ0v) is 15.0. The first-order valence-corrected chi connectivity index (χ1v) is 8.39. The molecule has 0 heterocycles. The zero-order valence-electron chi connectivity index (χ0n) is 14.2. The number of nitrogens with zero attached hydrogens (tertiary/aromatic N) is 4. The Morgan fingerprint density at radius 2 is 2.12 bits per heavy atom. The molecule has 7 heteroatoms. The predicted octanol–water partition coefficient (Wildman–Crippen LogP) is 2.37. The lowest BCUT2D eigenvalue weighted by atomic mass is 10.3. The van der Waals surface area contributed by atoms with Crippen molar-refractivity contribution in [1.82, 2.24) is 9.62 Å². The first kappa shape index (κ1) is 19.9. The molecule has 6 nitrogen and oxygen atoms in total. The second-order valence-corrected chi connectivity index (χ2v) is 6.19. The van der Waals surface area contributed by atoms with Crippen molar-refractivity contribution in [2.75, 3.05) is 39.0 Å². The highest BCUT2D eigenvalue weighted by Gasteiger charge is 2.06. The van der Waals surface area contributed by atoms with Crippen LogP contribution in [0.1, 0.15) is 6.92 Å². The minimum atomic E-state index is 0.277. The Kier molecular flexibility index (Phi) is 9.46. The summed E-state index contributed by atoms with van der Waals surface area (Å²) < 4.78 is 2.25. The van der Waals surface area contributed by atoms with Crippen LogP contribution in [0, 0.1) is 11.3 Å². The quantitative estimate of drug-likeness (QED) is 0.294. The third-order valence-electron chi connectivity index (χ3n) is 3.07. The second kappa shape index (κ2) is 11.4. The Bertz CT molecular complexity index is 615. The van der Waals surface area contributed by atoms with Crippen LogP contribution in [0.3, 0.4) is 0 Å². The minimum Gasteiger partial charge on any atom is -0.399 e. The molecule has 128 valence electrons. The maximum Gasteiger partial charge on any atom is 0.141 e. The average molecular weight is 344 g/mol. The molecule has 0 unspecified atom stereocenters. The van der Waals surface area contributed by atoms with Gasteiger partial charge in [0, 0.05) is 35.9 Å². The standard InChI is InChI=1S/C17H24N6S/c1-14(12-16(13-18)21-3)22-9-11-23(10-8-20-2)24-17-6-4-15(19)5-7-17/h4-7,12,20H,3,8-11,19H2,1-2H3/b16-12-,22-14?. The van der Waals surface area contributed by atoms with Gasteiger partial charge < -0.3 is 11.1 Å². The third-order valence-corrected chi connectivity index (χ3v) is 4.17. The van der Waals surface area contributed by atoms with Gasteiger partial charge in [0.05, 0.1) is 6.54 Å². The molecule has 24 heavy (non-hydrogen) atoms. The van der Waals surface area contributed by atoms with Gasteiger partial charge in [-0.1, -0.05) is 0 Å². The van der Waals surface area contributed by atoms with Crippen LogP contribution in [-0.4, -0.2) is 50.0 Å². The Hall–Kier alpha value is -2.14. The summed E-state index contributed by atoms with van der Waals surface area (Å²) in [6.45, 7) is 8.44. The molecule has 0 atom stereocenters. The smallest absolute Gasteiger partial charge is 0.141 e. The number of rotatable bonds is 10. The number of benzene rings is 1. The van der Waals surface area contributed by atoms with Crippen molar-refractivity contribution in [3.8, 4) is 6.07 Å². The highest BCUT2D eigenvalue weighted by atomic mass is 32.2. The fourth-order valence-corrected chi connectivity index (χ4v) is 2.72. The van der Waals surface area contributed by atoms with Crippen molar-refractivity contribution >= 4 is 30.1 Å². The molecule has 0 spiro atoms. The summed E-state index contributed by atoms with van der Waals surface area (Å²) in [6.07, 6.45) is 1.64. The number of hydrogen-bond acceptors (Lipinski definition) is 7. The topological polar surface area (TPSA) is 89.8 Å². The van der Waals surface area contributed by atoms with Crippen molar-refractivity contribution in [1.29, 1.82) is 5.26 Å². The van der Waals surface area contributed by atoms with Crippen molar-refractivity contribution < 1.29 is 0 Å². The Labute approximate surface area is 148 Å². The first-order chi connectivity index (χ1) is 11.6. The van der Waals surface area contributed by atoms with Gasteiger partial charge in [-0.15, -0.1) is 0 Å². The van der Waals surface area contributed by atoms with Crippen LogP contribution in [0.2, 0.25) is 0 Å². The van der Waals surface area contributed by atoms with E-state index in [2.05, 4.69) is 26.3 Å². The van der Waals surface area contributed by atoms with E-state index in [1.807, 2.05) is 44.3 Å². The van der Waals surface area contributed by atoms with Gasteiger partial charge in [0.25, 0.3) is 0 Å². The second-order valence-electron chi connectivity index (χ2n) is 5.02. The molecule has 0 aliphatic heterocycles. The van der Waals surface area contributed by atoms with Crippen molar-refractivity contribution in [2.45, 2.75) is 11.8 Å². The number of hydrogen-bond donors (Lipinski definition) is 2. The SMILES string of the molecule is C=N/C(C#N)=C\C(C)=NCCN(CCNC)Sc1ccc(N)cc1. The van der Waals surface area contributed by atoms with Gasteiger partial charge in [0.2, 0.25) is 0 Å². The third kappa shape index (κ3) is 7.92. The molecule has 0 saturated carbocycles. The predicted molar refractivity (Wildman–Crippen MR) is 103 cm³/mol. The Balaban J connectivity index is 2.62. The van der Waals surface area contributed by atoms with E-state index in [1.165, 1.54) is 0 Å². The van der Waals surface area contributed by atoms with E-state index in [0.29, 0.717) is 6.54 Å². The minimum absolute atomic E-state index is 0.277. The summed E-state index contributed by atoms with van der Waals surface area (Å²) >= 11 is 1.68. The highest BCUT2D eigenvalue weighted by Crippen LogP contribution is 2.22. The average Bonchev–Trinajstić information content (AvgIpc) is 2.59. The summed E-state index contributed by atoms with van der Waals surface area (Å²) in [5.41, 5.74) is 7.53. The summed E-state index contributed by atoms with van der Waals surface area (Å²) in [6, 6.07) is 9.79. The van der Waals surface area contributed by atoms with Gasteiger partial charge in [-0.25, -0.2) is 4.31 Å². The molecule has 0 fully saturated rings. The molecule has 3 N–H and O–H groups in total. The van der Waals surface area contributed by atoms with E-state index >= 15 is 0 Å². The van der Waals surface area contributed by atoms with Gasteiger partial charge in [0.1, 0.15) is 11.8 Å². The van der Waals surface area contributed by atoms with E-state index in [4.69, 9.17) is 11.0 Å². The summed E-state index contributed by atoms with van der Waals surface area (Å²) in [4.78, 5) is 9.24. The Morgan fingerprint density at radius 1 is 1.42 bits per heavy atom. The fourth-order valence-electron chi connectivity index (χ4n) is 1.81. The maximum absolute atomic E-state index is 8.83. The molecule has 0 radical (unpaired) electrons. The Morgan fingerprint density at radius 3 is 2.71 bits per heavy atom.